The Morgan fingerprint density at radius 1 is 1.28 bits per heavy atom. The summed E-state index contributed by atoms with van der Waals surface area (Å²) in [6.45, 7) is 2.28. The molecule has 3 heterocycles. The van der Waals surface area contributed by atoms with Crippen LogP contribution in [0.5, 0.6) is 11.5 Å². The molecule has 0 aromatic heterocycles. The summed E-state index contributed by atoms with van der Waals surface area (Å²) in [5.74, 6) is 2.03. The van der Waals surface area contributed by atoms with Gasteiger partial charge >= 0.3 is 0 Å². The maximum Gasteiger partial charge on any atom is 0.276 e. The van der Waals surface area contributed by atoms with E-state index in [2.05, 4.69) is 28.2 Å². The standard InChI is InChI=1S/C20H17BrN4O3S/c1-2-7-29-20-23-19(26)17-11-5-3-4-6-14(11)22-18(25(17)24-20)12-8-15-16(9-13(12)21)28-10-27-15/h3-6,8-9,18H,2,7,10H2,1H3,(H,23,24,26)/t18-/m1/s1. The average Bonchev–Trinajstić information content (AvgIpc) is 3.18. The van der Waals surface area contributed by atoms with Crippen molar-refractivity contribution in [2.24, 2.45) is 10.1 Å². The van der Waals surface area contributed by atoms with Gasteiger partial charge in [0.05, 0.1) is 5.36 Å². The van der Waals surface area contributed by atoms with Gasteiger partial charge < -0.3 is 9.47 Å². The molecule has 29 heavy (non-hydrogen) atoms. The first kappa shape index (κ1) is 18.5. The van der Waals surface area contributed by atoms with Gasteiger partial charge in [-0.3, -0.25) is 15.1 Å². The third-order valence-electron chi connectivity index (χ3n) is 4.73. The van der Waals surface area contributed by atoms with Gasteiger partial charge in [0.2, 0.25) is 6.79 Å². The SMILES string of the molecule is CCCSC1=NN2C(=c3ccccc3=N[C@H]2c2cc3c(cc2Br)OCO3)C(=O)N1. The van der Waals surface area contributed by atoms with Gasteiger partial charge in [-0.15, -0.1) is 5.10 Å². The Morgan fingerprint density at radius 3 is 2.90 bits per heavy atom. The fraction of sp³-hybridized carbons (Fsp3) is 0.250. The second kappa shape index (κ2) is 7.38. The molecule has 2 aromatic rings. The minimum absolute atomic E-state index is 0.178. The normalized spacial score (nSPS) is 19.2. The summed E-state index contributed by atoms with van der Waals surface area (Å²) < 4.78 is 11.8. The molecule has 0 unspecified atom stereocenters. The molecule has 0 saturated carbocycles. The van der Waals surface area contributed by atoms with Crippen molar-refractivity contribution in [3.8, 4) is 11.5 Å². The minimum Gasteiger partial charge on any atom is -0.454 e. The lowest BCUT2D eigenvalue weighted by Crippen LogP contribution is -2.50. The molecule has 3 aliphatic heterocycles. The van der Waals surface area contributed by atoms with E-state index in [9.17, 15) is 4.79 Å². The van der Waals surface area contributed by atoms with Gasteiger partial charge in [-0.25, -0.2) is 5.01 Å². The van der Waals surface area contributed by atoms with Gasteiger partial charge in [0.1, 0.15) is 5.70 Å². The number of rotatable bonds is 3. The van der Waals surface area contributed by atoms with Gasteiger partial charge in [-0.05, 0) is 24.6 Å². The number of hydrogen-bond acceptors (Lipinski definition) is 7. The van der Waals surface area contributed by atoms with Crippen LogP contribution in [-0.2, 0) is 4.79 Å². The zero-order chi connectivity index (χ0) is 20.0. The lowest BCUT2D eigenvalue weighted by atomic mass is 10.1. The van der Waals surface area contributed by atoms with Crippen LogP contribution in [-0.4, -0.2) is 28.6 Å². The molecule has 3 aliphatic rings. The van der Waals surface area contributed by atoms with E-state index >= 15 is 0 Å². The summed E-state index contributed by atoms with van der Waals surface area (Å²) in [6, 6.07) is 11.4. The second-order valence-electron chi connectivity index (χ2n) is 6.65. The quantitative estimate of drug-likeness (QED) is 0.742. The third-order valence-corrected chi connectivity index (χ3v) is 6.48. The number of ether oxygens (including phenoxy) is 2. The molecule has 0 radical (unpaired) electrons. The number of nitrogens with one attached hydrogen (secondary N) is 1. The first-order valence-electron chi connectivity index (χ1n) is 9.24. The van der Waals surface area contributed by atoms with Crippen molar-refractivity contribution >= 4 is 44.5 Å². The average molecular weight is 473 g/mol. The van der Waals surface area contributed by atoms with Gasteiger partial charge in [-0.1, -0.05) is 52.8 Å². The second-order valence-corrected chi connectivity index (χ2v) is 8.59. The number of thioether (sulfide) groups is 1. The van der Waals surface area contributed by atoms with Crippen molar-refractivity contribution in [1.82, 2.24) is 10.3 Å². The van der Waals surface area contributed by atoms with E-state index in [1.54, 1.807) is 5.01 Å². The first-order valence-corrected chi connectivity index (χ1v) is 11.0. The summed E-state index contributed by atoms with van der Waals surface area (Å²) >= 11 is 5.15. The Balaban J connectivity index is 1.70. The number of benzene rings is 2. The fourth-order valence-corrected chi connectivity index (χ4v) is 4.66. The maximum absolute atomic E-state index is 13.0. The molecule has 1 atom stereocenters. The van der Waals surface area contributed by atoms with Crippen LogP contribution in [0.1, 0.15) is 25.1 Å². The number of carbonyl (C=O) groups excluding carboxylic acids is 1. The molecule has 148 valence electrons. The molecule has 0 saturated heterocycles. The van der Waals surface area contributed by atoms with Crippen molar-refractivity contribution in [2.75, 3.05) is 12.5 Å². The van der Waals surface area contributed by atoms with Crippen LogP contribution in [0.4, 0.5) is 0 Å². The molecule has 1 amide bonds. The number of halogens is 1. The lowest BCUT2D eigenvalue weighted by molar-refractivity contribution is -0.116. The Hall–Kier alpha value is -2.52. The van der Waals surface area contributed by atoms with Crippen LogP contribution in [0.15, 0.2) is 51.0 Å². The number of hydrogen-bond donors (Lipinski definition) is 1. The highest BCUT2D eigenvalue weighted by molar-refractivity contribution is 9.10. The number of carbonyl (C=O) groups is 1. The predicted octanol–water partition coefficient (Wildman–Crippen LogP) is 2.46. The van der Waals surface area contributed by atoms with Crippen LogP contribution in [0.3, 0.4) is 0 Å². The van der Waals surface area contributed by atoms with Gasteiger partial charge in [-0.2, -0.15) is 0 Å². The maximum atomic E-state index is 13.0. The molecule has 7 nitrogen and oxygen atoms in total. The number of fused-ring (bicyclic) bond motifs is 3. The van der Waals surface area contributed by atoms with Crippen LogP contribution < -0.4 is 25.4 Å². The lowest BCUT2D eigenvalue weighted by Gasteiger charge is -2.34. The monoisotopic (exact) mass is 472 g/mol. The Bertz CT molecular complexity index is 1170. The highest BCUT2D eigenvalue weighted by Gasteiger charge is 2.36. The highest BCUT2D eigenvalue weighted by atomic mass is 79.9. The zero-order valence-electron chi connectivity index (χ0n) is 15.5. The van der Waals surface area contributed by atoms with Crippen LogP contribution in [0, 0.1) is 0 Å². The van der Waals surface area contributed by atoms with E-state index in [0.29, 0.717) is 22.4 Å². The molecule has 5 rings (SSSR count). The molecule has 0 fully saturated rings. The fourth-order valence-electron chi connectivity index (χ4n) is 3.42. The van der Waals surface area contributed by atoms with E-state index in [1.165, 1.54) is 11.8 Å². The molecule has 0 spiro atoms. The minimum atomic E-state index is -0.507. The Labute approximate surface area is 179 Å². The summed E-state index contributed by atoms with van der Waals surface area (Å²) in [6.07, 6.45) is 0.479. The van der Waals surface area contributed by atoms with E-state index in [0.717, 1.165) is 32.8 Å². The number of hydrazone groups is 1. The Kier molecular flexibility index (Phi) is 4.71. The summed E-state index contributed by atoms with van der Waals surface area (Å²) in [7, 11) is 0. The number of nitrogens with zero attached hydrogens (tertiary/aromatic N) is 3. The van der Waals surface area contributed by atoms with Crippen molar-refractivity contribution in [3.63, 3.8) is 0 Å². The molecule has 1 N–H and O–H groups in total. The number of amides is 1. The van der Waals surface area contributed by atoms with Crippen LogP contribution >= 0.6 is 27.7 Å². The number of amidine groups is 1. The van der Waals surface area contributed by atoms with Crippen LogP contribution in [0.25, 0.3) is 5.70 Å². The van der Waals surface area contributed by atoms with E-state index < -0.39 is 6.17 Å². The molecular formula is C20H17BrN4O3S. The smallest absolute Gasteiger partial charge is 0.276 e. The van der Waals surface area contributed by atoms with Crippen LogP contribution in [0.2, 0.25) is 0 Å². The van der Waals surface area contributed by atoms with Gasteiger partial charge in [0.15, 0.2) is 22.8 Å². The first-order chi connectivity index (χ1) is 14.2. The topological polar surface area (TPSA) is 75.5 Å². The third kappa shape index (κ3) is 3.18. The molecule has 0 aliphatic carbocycles. The predicted molar refractivity (Wildman–Crippen MR) is 114 cm³/mol. The highest BCUT2D eigenvalue weighted by Crippen LogP contribution is 2.42. The molecular weight excluding hydrogens is 456 g/mol. The van der Waals surface area contributed by atoms with E-state index in [1.807, 2.05) is 36.4 Å². The van der Waals surface area contributed by atoms with Crippen molar-refractivity contribution < 1.29 is 14.3 Å². The molecule has 2 aromatic carbocycles. The van der Waals surface area contributed by atoms with Crippen molar-refractivity contribution in [2.45, 2.75) is 19.5 Å². The van der Waals surface area contributed by atoms with E-state index in [4.69, 9.17) is 19.6 Å². The van der Waals surface area contributed by atoms with Crippen molar-refractivity contribution in [1.29, 1.82) is 0 Å². The molecule has 9 heteroatoms. The van der Waals surface area contributed by atoms with E-state index in [-0.39, 0.29) is 12.7 Å². The Morgan fingerprint density at radius 2 is 2.07 bits per heavy atom. The zero-order valence-corrected chi connectivity index (χ0v) is 17.9. The van der Waals surface area contributed by atoms with Gasteiger partial charge in [0, 0.05) is 21.0 Å². The van der Waals surface area contributed by atoms with Crippen molar-refractivity contribution in [3.05, 3.63) is 57.0 Å². The summed E-state index contributed by atoms with van der Waals surface area (Å²) in [5.41, 5.74) is 1.34. The van der Waals surface area contributed by atoms with Gasteiger partial charge in [0.25, 0.3) is 5.91 Å². The molecule has 0 bridgehead atoms. The number of para-hydroxylation sites is 1. The summed E-state index contributed by atoms with van der Waals surface area (Å²) in [5, 5.41) is 11.5. The summed E-state index contributed by atoms with van der Waals surface area (Å²) in [4.78, 5) is 17.9. The largest absolute Gasteiger partial charge is 0.454 e.